The van der Waals surface area contributed by atoms with E-state index in [1.54, 1.807) is 0 Å². The van der Waals surface area contributed by atoms with Crippen molar-refractivity contribution in [3.05, 3.63) is 54.1 Å². The van der Waals surface area contributed by atoms with Gasteiger partial charge in [0.15, 0.2) is 0 Å². The number of fused-ring (bicyclic) bond motifs is 1. The highest BCUT2D eigenvalue weighted by Crippen LogP contribution is 2.25. The second-order valence-corrected chi connectivity index (χ2v) is 6.58. The molecule has 0 N–H and O–H groups in total. The molecule has 1 fully saturated rings. The maximum absolute atomic E-state index is 5.84. The minimum absolute atomic E-state index is 0. The molecule has 142 valence electrons. The highest BCUT2D eigenvalue weighted by atomic mass is 35.5. The number of hydrogen-bond acceptors (Lipinski definition) is 5. The molecule has 2 heterocycles. The number of nitrogens with zero attached hydrogens (tertiary/aromatic N) is 3. The van der Waals surface area contributed by atoms with Crippen LogP contribution in [-0.4, -0.2) is 54.6 Å². The number of halogens is 1. The zero-order valence-corrected chi connectivity index (χ0v) is 16.2. The number of ether oxygens (including phenoxy) is 2. The lowest BCUT2D eigenvalue weighted by atomic mass is 10.0. The summed E-state index contributed by atoms with van der Waals surface area (Å²) in [5.41, 5.74) is 2.94. The molecular formula is C21H24ClN3O2. The van der Waals surface area contributed by atoms with E-state index in [2.05, 4.69) is 57.6 Å². The zero-order chi connectivity index (χ0) is 17.8. The fraction of sp³-hybridized carbons (Fsp3) is 0.333. The van der Waals surface area contributed by atoms with Gasteiger partial charge in [0.25, 0.3) is 0 Å². The van der Waals surface area contributed by atoms with Gasteiger partial charge in [-0.2, -0.15) is 0 Å². The van der Waals surface area contributed by atoms with Crippen molar-refractivity contribution in [3.8, 4) is 17.1 Å². The van der Waals surface area contributed by atoms with Gasteiger partial charge < -0.3 is 9.47 Å². The number of benzene rings is 2. The Balaban J connectivity index is 0.00000210. The molecule has 0 unspecified atom stereocenters. The van der Waals surface area contributed by atoms with Crippen LogP contribution in [-0.2, 0) is 4.74 Å². The fourth-order valence-corrected chi connectivity index (χ4v) is 3.20. The average Bonchev–Trinajstić information content (AvgIpc) is 2.69. The molecule has 6 heteroatoms. The Morgan fingerprint density at radius 1 is 1.00 bits per heavy atom. The number of rotatable bonds is 5. The largest absolute Gasteiger partial charge is 0.475 e. The summed E-state index contributed by atoms with van der Waals surface area (Å²) in [7, 11) is 0. The van der Waals surface area contributed by atoms with Gasteiger partial charge >= 0.3 is 0 Å². The molecule has 4 rings (SSSR count). The summed E-state index contributed by atoms with van der Waals surface area (Å²) in [5.74, 6) is 0.614. The van der Waals surface area contributed by atoms with Crippen molar-refractivity contribution in [1.82, 2.24) is 15.1 Å². The van der Waals surface area contributed by atoms with E-state index in [-0.39, 0.29) is 12.4 Å². The number of aryl methyl sites for hydroxylation is 1. The minimum Gasteiger partial charge on any atom is -0.475 e. The molecule has 3 aromatic rings. The summed E-state index contributed by atoms with van der Waals surface area (Å²) >= 11 is 0. The molecule has 0 radical (unpaired) electrons. The smallest absolute Gasteiger partial charge is 0.236 e. The third-order valence-electron chi connectivity index (χ3n) is 4.73. The normalized spacial score (nSPS) is 14.7. The van der Waals surface area contributed by atoms with Crippen LogP contribution in [0.4, 0.5) is 0 Å². The van der Waals surface area contributed by atoms with Crippen LogP contribution in [0.3, 0.4) is 0 Å². The van der Waals surface area contributed by atoms with Gasteiger partial charge in [-0.3, -0.25) is 4.90 Å². The van der Waals surface area contributed by atoms with E-state index in [1.165, 1.54) is 10.8 Å². The Morgan fingerprint density at radius 3 is 2.56 bits per heavy atom. The summed E-state index contributed by atoms with van der Waals surface area (Å²) in [5, 5.41) is 11.1. The topological polar surface area (TPSA) is 47.5 Å². The van der Waals surface area contributed by atoms with Gasteiger partial charge in [-0.15, -0.1) is 22.6 Å². The van der Waals surface area contributed by atoms with Gasteiger partial charge in [-0.25, -0.2) is 0 Å². The van der Waals surface area contributed by atoms with Gasteiger partial charge in [0.1, 0.15) is 6.61 Å². The molecule has 0 atom stereocenters. The second kappa shape index (κ2) is 9.13. The number of aromatic nitrogens is 2. The summed E-state index contributed by atoms with van der Waals surface area (Å²) in [4.78, 5) is 2.34. The van der Waals surface area contributed by atoms with E-state index in [0.717, 1.165) is 49.7 Å². The van der Waals surface area contributed by atoms with Gasteiger partial charge in [0.05, 0.1) is 18.9 Å². The molecule has 1 saturated heterocycles. The van der Waals surface area contributed by atoms with Crippen molar-refractivity contribution in [3.63, 3.8) is 0 Å². The first-order valence-electron chi connectivity index (χ1n) is 9.06. The average molecular weight is 386 g/mol. The van der Waals surface area contributed by atoms with Crippen molar-refractivity contribution in [2.75, 3.05) is 39.5 Å². The van der Waals surface area contributed by atoms with Gasteiger partial charge in [-0.05, 0) is 29.8 Å². The van der Waals surface area contributed by atoms with Crippen molar-refractivity contribution in [2.45, 2.75) is 6.92 Å². The number of hydrogen-bond donors (Lipinski definition) is 0. The van der Waals surface area contributed by atoms with Crippen LogP contribution in [0.15, 0.2) is 48.5 Å². The SMILES string of the molecule is Cc1cc(-c2ccc3ccccc3c2)nnc1OCCN1CCOCC1.Cl. The van der Waals surface area contributed by atoms with E-state index in [9.17, 15) is 0 Å². The van der Waals surface area contributed by atoms with E-state index in [1.807, 2.05) is 13.0 Å². The molecule has 0 aliphatic carbocycles. The zero-order valence-electron chi connectivity index (χ0n) is 15.4. The Morgan fingerprint density at radius 2 is 1.78 bits per heavy atom. The Hall–Kier alpha value is -2.21. The lowest BCUT2D eigenvalue weighted by Gasteiger charge is -2.26. The highest BCUT2D eigenvalue weighted by molar-refractivity contribution is 5.86. The van der Waals surface area contributed by atoms with Crippen LogP contribution in [0.2, 0.25) is 0 Å². The first-order chi connectivity index (χ1) is 12.8. The van der Waals surface area contributed by atoms with Crippen LogP contribution in [0.25, 0.3) is 22.0 Å². The third kappa shape index (κ3) is 4.75. The van der Waals surface area contributed by atoms with Gasteiger partial charge in [0, 0.05) is 30.8 Å². The van der Waals surface area contributed by atoms with Crippen molar-refractivity contribution in [2.24, 2.45) is 0 Å². The van der Waals surface area contributed by atoms with Crippen LogP contribution in [0.1, 0.15) is 5.56 Å². The van der Waals surface area contributed by atoms with Crippen LogP contribution < -0.4 is 4.74 Å². The van der Waals surface area contributed by atoms with Crippen LogP contribution in [0, 0.1) is 6.92 Å². The van der Waals surface area contributed by atoms with E-state index < -0.39 is 0 Å². The molecule has 1 aromatic heterocycles. The summed E-state index contributed by atoms with van der Waals surface area (Å²) in [6.45, 7) is 7.06. The molecule has 0 spiro atoms. The molecule has 1 aliphatic heterocycles. The van der Waals surface area contributed by atoms with E-state index >= 15 is 0 Å². The van der Waals surface area contributed by atoms with Crippen LogP contribution >= 0.6 is 12.4 Å². The summed E-state index contributed by atoms with van der Waals surface area (Å²) < 4.78 is 11.2. The standard InChI is InChI=1S/C21H23N3O2.ClH/c1-16-14-20(19-7-6-17-4-2-3-5-18(17)15-19)22-23-21(16)26-13-10-24-8-11-25-12-9-24;/h2-7,14-15H,8-13H2,1H3;1H. The highest BCUT2D eigenvalue weighted by Gasteiger charge is 2.11. The van der Waals surface area contributed by atoms with Gasteiger partial charge in [0.2, 0.25) is 5.88 Å². The van der Waals surface area contributed by atoms with Gasteiger partial charge in [-0.1, -0.05) is 36.4 Å². The first kappa shape index (κ1) is 19.5. The predicted octanol–water partition coefficient (Wildman–Crippen LogP) is 3.74. The Bertz CT molecular complexity index is 897. The summed E-state index contributed by atoms with van der Waals surface area (Å²) in [6, 6.07) is 16.7. The van der Waals surface area contributed by atoms with Crippen molar-refractivity contribution >= 4 is 23.2 Å². The third-order valence-corrected chi connectivity index (χ3v) is 4.73. The van der Waals surface area contributed by atoms with E-state index in [4.69, 9.17) is 9.47 Å². The monoisotopic (exact) mass is 385 g/mol. The lowest BCUT2D eigenvalue weighted by molar-refractivity contribution is 0.0319. The molecule has 0 amide bonds. The molecule has 5 nitrogen and oxygen atoms in total. The lowest BCUT2D eigenvalue weighted by Crippen LogP contribution is -2.38. The molecule has 0 saturated carbocycles. The summed E-state index contributed by atoms with van der Waals surface area (Å²) in [6.07, 6.45) is 0. The predicted molar refractivity (Wildman–Crippen MR) is 110 cm³/mol. The maximum atomic E-state index is 5.84. The molecule has 0 bridgehead atoms. The molecule has 1 aliphatic rings. The first-order valence-corrected chi connectivity index (χ1v) is 9.06. The minimum atomic E-state index is 0. The fourth-order valence-electron chi connectivity index (χ4n) is 3.20. The van der Waals surface area contributed by atoms with Crippen molar-refractivity contribution in [1.29, 1.82) is 0 Å². The Kier molecular flexibility index (Phi) is 6.61. The molecular weight excluding hydrogens is 362 g/mol. The molecule has 2 aromatic carbocycles. The molecule has 27 heavy (non-hydrogen) atoms. The van der Waals surface area contributed by atoms with E-state index in [0.29, 0.717) is 12.5 Å². The maximum Gasteiger partial charge on any atom is 0.236 e. The van der Waals surface area contributed by atoms with Crippen molar-refractivity contribution < 1.29 is 9.47 Å². The second-order valence-electron chi connectivity index (χ2n) is 6.58. The Labute approximate surface area is 165 Å². The number of morpholine rings is 1. The van der Waals surface area contributed by atoms with Crippen LogP contribution in [0.5, 0.6) is 5.88 Å². The quantitative estimate of drug-likeness (QED) is 0.669.